The molecule has 0 saturated heterocycles. The number of hydrogen-bond donors (Lipinski definition) is 1. The Labute approximate surface area is 145 Å². The number of rotatable bonds is 9. The fourth-order valence-electron chi connectivity index (χ4n) is 2.74. The summed E-state index contributed by atoms with van der Waals surface area (Å²) in [5.41, 5.74) is -0.231. The van der Waals surface area contributed by atoms with E-state index in [9.17, 15) is 14.2 Å². The Morgan fingerprint density at radius 1 is 1.28 bits per heavy atom. The Balaban J connectivity index is 2.27. The van der Waals surface area contributed by atoms with E-state index >= 15 is 0 Å². The number of nitrogens with one attached hydrogen (secondary N) is 1. The molecule has 0 aliphatic rings. The zero-order valence-corrected chi connectivity index (χ0v) is 15.9. The van der Waals surface area contributed by atoms with Crippen molar-refractivity contribution in [3.05, 3.63) is 27.2 Å². The molecule has 0 aromatic carbocycles. The minimum absolute atomic E-state index is 0.139. The Hall–Kier alpha value is -1.70. The highest BCUT2D eigenvalue weighted by atomic mass is 31.2. The van der Waals surface area contributed by atoms with Crippen LogP contribution < -0.4 is 11.2 Å². The van der Waals surface area contributed by atoms with Gasteiger partial charge in [-0.1, -0.05) is 13.8 Å². The fraction of sp³-hybridized carbons (Fsp3) is 0.667. The summed E-state index contributed by atoms with van der Waals surface area (Å²) in [4.78, 5) is 32.0. The molecule has 140 valence electrons. The van der Waals surface area contributed by atoms with Crippen LogP contribution in [0.1, 0.15) is 39.7 Å². The van der Waals surface area contributed by atoms with Gasteiger partial charge in [-0.3, -0.25) is 18.5 Å². The third-order valence-electron chi connectivity index (χ3n) is 4.15. The van der Waals surface area contributed by atoms with Crippen LogP contribution in [0.2, 0.25) is 0 Å². The number of aromatic nitrogens is 4. The topological polar surface area (TPSA) is 108 Å². The zero-order chi connectivity index (χ0) is 18.6. The van der Waals surface area contributed by atoms with Crippen molar-refractivity contribution >= 4 is 18.8 Å². The number of hydrogen-bond acceptors (Lipinski definition) is 6. The summed E-state index contributed by atoms with van der Waals surface area (Å²) in [6, 6.07) is -0.370. The molecule has 0 spiro atoms. The Morgan fingerprint density at radius 3 is 2.60 bits per heavy atom. The Kier molecular flexibility index (Phi) is 6.37. The third kappa shape index (κ3) is 3.94. The summed E-state index contributed by atoms with van der Waals surface area (Å²) in [5, 5.41) is 0. The van der Waals surface area contributed by atoms with E-state index in [4.69, 9.17) is 9.05 Å². The number of aromatic amines is 1. The first-order valence-electron chi connectivity index (χ1n) is 8.41. The molecule has 0 amide bonds. The zero-order valence-electron chi connectivity index (χ0n) is 15.0. The highest BCUT2D eigenvalue weighted by Crippen LogP contribution is 2.47. The molecule has 0 radical (unpaired) electrons. The highest BCUT2D eigenvalue weighted by Gasteiger charge is 2.23. The predicted octanol–water partition coefficient (Wildman–Crippen LogP) is 2.03. The molecule has 25 heavy (non-hydrogen) atoms. The van der Waals surface area contributed by atoms with Gasteiger partial charge in [-0.15, -0.1) is 0 Å². The third-order valence-corrected chi connectivity index (χ3v) is 6.15. The molecule has 9 nitrogen and oxygen atoms in total. The van der Waals surface area contributed by atoms with E-state index in [1.54, 1.807) is 20.9 Å². The molecule has 0 aliphatic carbocycles. The maximum Gasteiger partial charge on any atom is 0.332 e. The predicted molar refractivity (Wildman–Crippen MR) is 95.3 cm³/mol. The van der Waals surface area contributed by atoms with Crippen LogP contribution in [0.3, 0.4) is 0 Å². The minimum Gasteiger partial charge on any atom is -0.339 e. The molecule has 10 heteroatoms. The van der Waals surface area contributed by atoms with E-state index in [2.05, 4.69) is 9.97 Å². The van der Waals surface area contributed by atoms with Gasteiger partial charge in [0.05, 0.1) is 19.5 Å². The second-order valence-electron chi connectivity index (χ2n) is 5.65. The fourth-order valence-corrected chi connectivity index (χ4v) is 3.96. The lowest BCUT2D eigenvalue weighted by atomic mass is 10.1. The van der Waals surface area contributed by atoms with Gasteiger partial charge in [-0.25, -0.2) is 9.78 Å². The summed E-state index contributed by atoms with van der Waals surface area (Å²) >= 11 is 0. The molecule has 2 aromatic heterocycles. The van der Waals surface area contributed by atoms with Crippen LogP contribution in [0.15, 0.2) is 15.9 Å². The molecular formula is C15H25N4O5P. The Bertz CT molecular complexity index is 884. The van der Waals surface area contributed by atoms with Crippen molar-refractivity contribution < 1.29 is 13.6 Å². The molecule has 2 aromatic rings. The average molecular weight is 372 g/mol. The van der Waals surface area contributed by atoms with Crippen LogP contribution in [0.4, 0.5) is 0 Å². The second kappa shape index (κ2) is 8.12. The molecule has 0 saturated carbocycles. The van der Waals surface area contributed by atoms with Crippen molar-refractivity contribution in [3.63, 3.8) is 0 Å². The van der Waals surface area contributed by atoms with E-state index < -0.39 is 18.8 Å². The van der Waals surface area contributed by atoms with E-state index in [-0.39, 0.29) is 24.3 Å². The minimum atomic E-state index is -3.11. The SMILES string of the molecule is CCOP(=O)(CC)OCCC(CC)n1c(=O)c2[nH]cnc2n(C)c1=O. The van der Waals surface area contributed by atoms with E-state index in [0.29, 0.717) is 25.1 Å². The molecule has 0 bridgehead atoms. The van der Waals surface area contributed by atoms with Gasteiger partial charge in [0.15, 0.2) is 5.65 Å². The highest BCUT2D eigenvalue weighted by molar-refractivity contribution is 7.53. The molecule has 0 fully saturated rings. The first-order chi connectivity index (χ1) is 11.9. The van der Waals surface area contributed by atoms with Gasteiger partial charge in [-0.2, -0.15) is 0 Å². The van der Waals surface area contributed by atoms with Crippen LogP contribution in [0.5, 0.6) is 0 Å². The van der Waals surface area contributed by atoms with Crippen molar-refractivity contribution in [1.82, 2.24) is 19.1 Å². The van der Waals surface area contributed by atoms with Crippen LogP contribution >= 0.6 is 7.60 Å². The molecule has 2 atom stereocenters. The van der Waals surface area contributed by atoms with Gasteiger partial charge in [0.2, 0.25) is 0 Å². The molecular weight excluding hydrogens is 347 g/mol. The van der Waals surface area contributed by atoms with Crippen LogP contribution in [-0.4, -0.2) is 38.5 Å². The normalized spacial score (nSPS) is 15.4. The van der Waals surface area contributed by atoms with Gasteiger partial charge < -0.3 is 14.0 Å². The van der Waals surface area contributed by atoms with Crippen LogP contribution in [0, 0.1) is 0 Å². The first-order valence-corrected chi connectivity index (χ1v) is 10.1. The maximum atomic E-state index is 12.6. The molecule has 2 rings (SSSR count). The summed E-state index contributed by atoms with van der Waals surface area (Å²) in [7, 11) is -1.53. The largest absolute Gasteiger partial charge is 0.339 e. The summed E-state index contributed by atoms with van der Waals surface area (Å²) < 4.78 is 25.5. The molecule has 2 heterocycles. The van der Waals surface area contributed by atoms with Crippen molar-refractivity contribution in [2.24, 2.45) is 7.05 Å². The smallest absolute Gasteiger partial charge is 0.332 e. The lowest BCUT2D eigenvalue weighted by molar-refractivity contribution is 0.198. The van der Waals surface area contributed by atoms with E-state index in [0.717, 1.165) is 0 Å². The average Bonchev–Trinajstić information content (AvgIpc) is 3.09. The van der Waals surface area contributed by atoms with Crippen LogP contribution in [0.25, 0.3) is 11.2 Å². The van der Waals surface area contributed by atoms with Gasteiger partial charge in [0.1, 0.15) is 5.52 Å². The van der Waals surface area contributed by atoms with E-state index in [1.807, 2.05) is 6.92 Å². The van der Waals surface area contributed by atoms with Gasteiger partial charge in [0.25, 0.3) is 5.56 Å². The van der Waals surface area contributed by atoms with Crippen molar-refractivity contribution in [1.29, 1.82) is 0 Å². The van der Waals surface area contributed by atoms with Crippen molar-refractivity contribution in [2.45, 2.75) is 39.7 Å². The number of nitrogens with zero attached hydrogens (tertiary/aromatic N) is 3. The molecule has 1 N–H and O–H groups in total. The van der Waals surface area contributed by atoms with Gasteiger partial charge in [0, 0.05) is 19.3 Å². The van der Waals surface area contributed by atoms with Crippen molar-refractivity contribution in [3.8, 4) is 0 Å². The number of fused-ring (bicyclic) bond motifs is 1. The van der Waals surface area contributed by atoms with E-state index in [1.165, 1.54) is 15.5 Å². The standard InChI is InChI=1S/C15H25N4O5P/c1-5-11(8-9-24-25(22,7-3)23-6-2)19-14(20)12-13(17-10-16-12)18(4)15(19)21/h10-11H,5-9H2,1-4H3,(H,16,17). The lowest BCUT2D eigenvalue weighted by Gasteiger charge is -2.20. The first kappa shape index (κ1) is 19.6. The van der Waals surface area contributed by atoms with Gasteiger partial charge in [-0.05, 0) is 19.8 Å². The maximum absolute atomic E-state index is 12.6. The summed E-state index contributed by atoms with van der Waals surface area (Å²) in [6.45, 7) is 5.82. The number of imidazole rings is 1. The monoisotopic (exact) mass is 372 g/mol. The number of aryl methyl sites for hydroxylation is 1. The molecule has 2 unspecified atom stereocenters. The van der Waals surface area contributed by atoms with Gasteiger partial charge >= 0.3 is 13.3 Å². The summed E-state index contributed by atoms with van der Waals surface area (Å²) in [5.74, 6) is 0. The second-order valence-corrected chi connectivity index (χ2v) is 8.02. The summed E-state index contributed by atoms with van der Waals surface area (Å²) in [6.07, 6.45) is 2.60. The quantitative estimate of drug-likeness (QED) is 0.675. The molecule has 0 aliphatic heterocycles. The van der Waals surface area contributed by atoms with Crippen molar-refractivity contribution in [2.75, 3.05) is 19.4 Å². The number of H-pyrrole nitrogens is 1. The Morgan fingerprint density at radius 2 is 2.00 bits per heavy atom. The lowest BCUT2D eigenvalue weighted by Crippen LogP contribution is -2.41. The van der Waals surface area contributed by atoms with Crippen LogP contribution in [-0.2, 0) is 20.7 Å².